The van der Waals surface area contributed by atoms with E-state index in [2.05, 4.69) is 5.32 Å². The molecule has 1 aliphatic heterocycles. The molecule has 0 bridgehead atoms. The Bertz CT molecular complexity index is 273. The summed E-state index contributed by atoms with van der Waals surface area (Å²) in [7, 11) is 0. The van der Waals surface area contributed by atoms with Crippen molar-refractivity contribution < 1.29 is 4.39 Å². The van der Waals surface area contributed by atoms with Crippen LogP contribution in [0.2, 0.25) is 0 Å². The zero-order valence-electron chi connectivity index (χ0n) is 8.30. The molecule has 0 aliphatic carbocycles. The van der Waals surface area contributed by atoms with E-state index in [9.17, 15) is 4.39 Å². The van der Waals surface area contributed by atoms with E-state index in [1.165, 1.54) is 31.2 Å². The minimum absolute atomic E-state index is 0.151. The summed E-state index contributed by atoms with van der Waals surface area (Å²) in [6, 6.07) is 7.29. The van der Waals surface area contributed by atoms with Gasteiger partial charge in [-0.1, -0.05) is 25.0 Å². The molecule has 1 N–H and O–H groups in total. The first-order valence-electron chi connectivity index (χ1n) is 5.35. The van der Waals surface area contributed by atoms with Crippen molar-refractivity contribution in [1.29, 1.82) is 0 Å². The zero-order chi connectivity index (χ0) is 9.80. The van der Waals surface area contributed by atoms with Crippen LogP contribution in [-0.2, 0) is 0 Å². The Morgan fingerprint density at radius 1 is 1.07 bits per heavy atom. The molecule has 1 aromatic carbocycles. The first kappa shape index (κ1) is 9.66. The Morgan fingerprint density at radius 2 is 1.86 bits per heavy atom. The fraction of sp³-hybridized carbons (Fsp3) is 0.500. The van der Waals surface area contributed by atoms with Crippen molar-refractivity contribution in [1.82, 2.24) is 5.32 Å². The van der Waals surface area contributed by atoms with E-state index >= 15 is 0 Å². The maximum absolute atomic E-state index is 12.7. The van der Waals surface area contributed by atoms with Gasteiger partial charge >= 0.3 is 0 Å². The summed E-state index contributed by atoms with van der Waals surface area (Å²) in [6.45, 7) is 1.09. The fourth-order valence-corrected chi connectivity index (χ4v) is 2.01. The number of benzene rings is 1. The number of hydrogen-bond donors (Lipinski definition) is 1. The number of hydrogen-bond acceptors (Lipinski definition) is 1. The molecule has 0 amide bonds. The Hall–Kier alpha value is -0.890. The van der Waals surface area contributed by atoms with E-state index in [1.54, 1.807) is 12.1 Å². The van der Waals surface area contributed by atoms with Crippen LogP contribution < -0.4 is 5.32 Å². The van der Waals surface area contributed by atoms with Gasteiger partial charge in [-0.15, -0.1) is 0 Å². The molecule has 14 heavy (non-hydrogen) atoms. The maximum atomic E-state index is 12.7. The molecule has 0 saturated carbocycles. The molecule has 1 atom stereocenters. The Balaban J connectivity index is 2.08. The van der Waals surface area contributed by atoms with Crippen LogP contribution in [0.3, 0.4) is 0 Å². The van der Waals surface area contributed by atoms with Gasteiger partial charge in [0.1, 0.15) is 5.82 Å². The molecule has 1 heterocycles. The number of nitrogens with one attached hydrogen (secondary N) is 1. The Morgan fingerprint density at radius 3 is 2.64 bits per heavy atom. The number of halogens is 1. The molecule has 0 aromatic heterocycles. The van der Waals surface area contributed by atoms with E-state index in [0.717, 1.165) is 6.54 Å². The van der Waals surface area contributed by atoms with Crippen LogP contribution in [-0.4, -0.2) is 6.54 Å². The normalized spacial score (nSPS) is 23.1. The van der Waals surface area contributed by atoms with Gasteiger partial charge in [0, 0.05) is 6.04 Å². The van der Waals surface area contributed by atoms with Gasteiger partial charge in [-0.3, -0.25) is 0 Å². The maximum Gasteiger partial charge on any atom is 0.123 e. The van der Waals surface area contributed by atoms with Gasteiger partial charge in [-0.25, -0.2) is 4.39 Å². The van der Waals surface area contributed by atoms with Crippen LogP contribution in [0.15, 0.2) is 24.3 Å². The summed E-state index contributed by atoms with van der Waals surface area (Å²) >= 11 is 0. The van der Waals surface area contributed by atoms with Gasteiger partial charge in [0.25, 0.3) is 0 Å². The lowest BCUT2D eigenvalue weighted by molar-refractivity contribution is 0.533. The highest BCUT2D eigenvalue weighted by Crippen LogP contribution is 2.22. The van der Waals surface area contributed by atoms with Gasteiger partial charge in [-0.05, 0) is 37.1 Å². The lowest BCUT2D eigenvalue weighted by atomic mass is 10.0. The molecule has 1 nitrogen and oxygen atoms in total. The van der Waals surface area contributed by atoms with Crippen LogP contribution in [0, 0.1) is 5.82 Å². The summed E-state index contributed by atoms with van der Waals surface area (Å²) in [5.41, 5.74) is 1.22. The van der Waals surface area contributed by atoms with Crippen molar-refractivity contribution in [2.45, 2.75) is 31.7 Å². The van der Waals surface area contributed by atoms with Gasteiger partial charge in [-0.2, -0.15) is 0 Å². The monoisotopic (exact) mass is 193 g/mol. The van der Waals surface area contributed by atoms with Gasteiger partial charge in [0.05, 0.1) is 0 Å². The predicted molar refractivity (Wildman–Crippen MR) is 55.6 cm³/mol. The van der Waals surface area contributed by atoms with Crippen molar-refractivity contribution in [3.8, 4) is 0 Å². The molecule has 2 heteroatoms. The minimum atomic E-state index is -0.151. The highest BCUT2D eigenvalue weighted by molar-refractivity contribution is 5.20. The number of rotatable bonds is 1. The van der Waals surface area contributed by atoms with E-state index in [-0.39, 0.29) is 5.82 Å². The SMILES string of the molecule is Fc1ccc(C2CCCCCN2)cc1. The fourth-order valence-electron chi connectivity index (χ4n) is 2.01. The van der Waals surface area contributed by atoms with Gasteiger partial charge in [0.15, 0.2) is 0 Å². The van der Waals surface area contributed by atoms with Gasteiger partial charge < -0.3 is 5.32 Å². The van der Waals surface area contributed by atoms with Crippen LogP contribution in [0.25, 0.3) is 0 Å². The second-order valence-corrected chi connectivity index (χ2v) is 3.91. The molecule has 1 saturated heterocycles. The molecule has 1 unspecified atom stereocenters. The second kappa shape index (κ2) is 4.56. The van der Waals surface area contributed by atoms with Crippen LogP contribution in [0.1, 0.15) is 37.3 Å². The smallest absolute Gasteiger partial charge is 0.123 e. The molecule has 0 radical (unpaired) electrons. The first-order valence-corrected chi connectivity index (χ1v) is 5.35. The summed E-state index contributed by atoms with van der Waals surface area (Å²) in [4.78, 5) is 0. The topological polar surface area (TPSA) is 12.0 Å². The van der Waals surface area contributed by atoms with Crippen molar-refractivity contribution in [3.05, 3.63) is 35.6 Å². The molecule has 1 aliphatic rings. The standard InChI is InChI=1S/C12H16FN/c13-11-7-5-10(6-8-11)12-4-2-1-3-9-14-12/h5-8,12,14H,1-4,9H2. The lowest BCUT2D eigenvalue weighted by Gasteiger charge is -2.15. The predicted octanol–water partition coefficient (Wildman–Crippen LogP) is 3.03. The van der Waals surface area contributed by atoms with Crippen molar-refractivity contribution >= 4 is 0 Å². The van der Waals surface area contributed by atoms with Crippen LogP contribution >= 0.6 is 0 Å². The third-order valence-electron chi connectivity index (χ3n) is 2.83. The lowest BCUT2D eigenvalue weighted by Crippen LogP contribution is -2.20. The third-order valence-corrected chi connectivity index (χ3v) is 2.83. The third kappa shape index (κ3) is 2.32. The van der Waals surface area contributed by atoms with Crippen molar-refractivity contribution in [2.24, 2.45) is 0 Å². The molecule has 0 spiro atoms. The average Bonchev–Trinajstić information content (AvgIpc) is 2.47. The van der Waals surface area contributed by atoms with Crippen LogP contribution in [0.4, 0.5) is 4.39 Å². The molecular weight excluding hydrogens is 177 g/mol. The highest BCUT2D eigenvalue weighted by atomic mass is 19.1. The Labute approximate surface area is 84.3 Å². The first-order chi connectivity index (χ1) is 6.86. The largest absolute Gasteiger partial charge is 0.310 e. The molecule has 2 rings (SSSR count). The summed E-state index contributed by atoms with van der Waals surface area (Å²) in [5.74, 6) is -0.151. The van der Waals surface area contributed by atoms with E-state index in [1.807, 2.05) is 12.1 Å². The van der Waals surface area contributed by atoms with Crippen molar-refractivity contribution in [2.75, 3.05) is 6.54 Å². The molecule has 1 fully saturated rings. The average molecular weight is 193 g/mol. The van der Waals surface area contributed by atoms with Crippen LogP contribution in [0.5, 0.6) is 0 Å². The summed E-state index contributed by atoms with van der Waals surface area (Å²) in [6.07, 6.45) is 5.02. The molecule has 76 valence electrons. The van der Waals surface area contributed by atoms with Crippen molar-refractivity contribution in [3.63, 3.8) is 0 Å². The molecule has 1 aromatic rings. The van der Waals surface area contributed by atoms with E-state index in [0.29, 0.717) is 6.04 Å². The zero-order valence-corrected chi connectivity index (χ0v) is 8.30. The second-order valence-electron chi connectivity index (χ2n) is 3.91. The quantitative estimate of drug-likeness (QED) is 0.723. The minimum Gasteiger partial charge on any atom is -0.310 e. The van der Waals surface area contributed by atoms with E-state index < -0.39 is 0 Å². The molecular formula is C12H16FN. The van der Waals surface area contributed by atoms with Gasteiger partial charge in [0.2, 0.25) is 0 Å². The highest BCUT2D eigenvalue weighted by Gasteiger charge is 2.12. The Kier molecular flexibility index (Phi) is 3.14. The summed E-state index contributed by atoms with van der Waals surface area (Å²) < 4.78 is 12.7. The van der Waals surface area contributed by atoms with E-state index in [4.69, 9.17) is 0 Å². The summed E-state index contributed by atoms with van der Waals surface area (Å²) in [5, 5.41) is 3.49.